The van der Waals surface area contributed by atoms with Crippen molar-refractivity contribution in [1.29, 1.82) is 0 Å². The average molecular weight is 352 g/mol. The van der Waals surface area contributed by atoms with Crippen LogP contribution in [0.3, 0.4) is 0 Å². The first-order valence-corrected chi connectivity index (χ1v) is 9.28. The van der Waals surface area contributed by atoms with Gasteiger partial charge in [-0.2, -0.15) is 10.2 Å². The van der Waals surface area contributed by atoms with E-state index in [1.165, 1.54) is 25.7 Å². The number of rotatable bonds is 3. The van der Waals surface area contributed by atoms with E-state index in [2.05, 4.69) is 20.5 Å². The van der Waals surface area contributed by atoms with Crippen LogP contribution < -0.4 is 5.32 Å². The predicted molar refractivity (Wildman–Crippen MR) is 98.9 cm³/mol. The Labute approximate surface area is 152 Å². The number of nitrogens with zero attached hydrogens (tertiary/aromatic N) is 5. The van der Waals surface area contributed by atoms with Gasteiger partial charge in [0.05, 0.1) is 11.9 Å². The first-order chi connectivity index (χ1) is 12.6. The van der Waals surface area contributed by atoms with Crippen molar-refractivity contribution in [2.24, 2.45) is 7.05 Å². The Bertz CT molecular complexity index is 933. The largest absolute Gasteiger partial charge is 0.348 e. The number of aryl methyl sites for hydroxylation is 1. The van der Waals surface area contributed by atoms with Gasteiger partial charge in [0.25, 0.3) is 5.91 Å². The summed E-state index contributed by atoms with van der Waals surface area (Å²) >= 11 is 0. The summed E-state index contributed by atoms with van der Waals surface area (Å²) in [6.45, 7) is 2.01. The number of nitrogens with one attached hydrogen (secondary N) is 1. The van der Waals surface area contributed by atoms with Gasteiger partial charge in [-0.15, -0.1) is 0 Å². The maximum Gasteiger partial charge on any atom is 0.272 e. The molecule has 1 saturated carbocycles. The average Bonchev–Trinajstić information content (AvgIpc) is 3.11. The van der Waals surface area contributed by atoms with E-state index in [1.807, 2.05) is 30.9 Å². The van der Waals surface area contributed by atoms with Crippen LogP contribution in [0.2, 0.25) is 0 Å². The quantitative estimate of drug-likeness (QED) is 0.735. The number of hydrogen-bond acceptors (Lipinski definition) is 4. The van der Waals surface area contributed by atoms with E-state index in [-0.39, 0.29) is 11.9 Å². The molecule has 3 aromatic rings. The molecule has 1 amide bonds. The normalized spacial score (nSPS) is 15.9. The molecule has 0 saturated heterocycles. The summed E-state index contributed by atoms with van der Waals surface area (Å²) in [5.41, 5.74) is 3.98. The van der Waals surface area contributed by atoms with E-state index in [1.54, 1.807) is 16.8 Å². The van der Waals surface area contributed by atoms with Crippen LogP contribution in [0.5, 0.6) is 0 Å². The van der Waals surface area contributed by atoms with Crippen molar-refractivity contribution in [3.8, 4) is 11.3 Å². The molecule has 26 heavy (non-hydrogen) atoms. The molecule has 1 fully saturated rings. The van der Waals surface area contributed by atoms with Crippen molar-refractivity contribution in [2.75, 3.05) is 0 Å². The van der Waals surface area contributed by atoms with E-state index in [9.17, 15) is 4.79 Å². The minimum atomic E-state index is -0.115. The zero-order chi connectivity index (χ0) is 18.1. The van der Waals surface area contributed by atoms with Gasteiger partial charge >= 0.3 is 0 Å². The highest BCUT2D eigenvalue weighted by atomic mass is 16.2. The Morgan fingerprint density at radius 3 is 2.69 bits per heavy atom. The third-order valence-corrected chi connectivity index (χ3v) is 5.29. The highest BCUT2D eigenvalue weighted by Gasteiger charge is 2.19. The molecule has 7 heteroatoms. The number of fused-ring (bicyclic) bond motifs is 1. The lowest BCUT2D eigenvalue weighted by Gasteiger charge is -2.14. The van der Waals surface area contributed by atoms with Gasteiger partial charge in [-0.3, -0.25) is 9.48 Å². The second kappa shape index (κ2) is 6.90. The Kier molecular flexibility index (Phi) is 4.44. The topological polar surface area (TPSA) is 77.1 Å². The predicted octanol–water partition coefficient (Wildman–Crippen LogP) is 2.89. The minimum absolute atomic E-state index is 0.115. The maximum absolute atomic E-state index is 12.7. The van der Waals surface area contributed by atoms with Crippen LogP contribution in [-0.2, 0) is 7.05 Å². The Balaban J connectivity index is 1.64. The Morgan fingerprint density at radius 1 is 1.23 bits per heavy atom. The maximum atomic E-state index is 12.7. The number of aromatic nitrogens is 5. The molecule has 0 aliphatic heterocycles. The van der Waals surface area contributed by atoms with Gasteiger partial charge in [-0.25, -0.2) is 9.50 Å². The van der Waals surface area contributed by atoms with Gasteiger partial charge in [-0.1, -0.05) is 25.7 Å². The molecule has 7 nitrogen and oxygen atoms in total. The number of amides is 1. The third kappa shape index (κ3) is 3.09. The highest BCUT2D eigenvalue weighted by molar-refractivity contribution is 5.93. The second-order valence-electron chi connectivity index (χ2n) is 7.06. The van der Waals surface area contributed by atoms with Crippen molar-refractivity contribution in [3.05, 3.63) is 35.9 Å². The van der Waals surface area contributed by atoms with Gasteiger partial charge in [0, 0.05) is 36.6 Å². The van der Waals surface area contributed by atoms with Gasteiger partial charge in [0.1, 0.15) is 0 Å². The van der Waals surface area contributed by atoms with Crippen LogP contribution in [-0.4, -0.2) is 36.3 Å². The van der Waals surface area contributed by atoms with Gasteiger partial charge in [0.2, 0.25) is 0 Å². The molecule has 1 aliphatic rings. The van der Waals surface area contributed by atoms with Crippen molar-refractivity contribution in [3.63, 3.8) is 0 Å². The lowest BCUT2D eigenvalue weighted by Crippen LogP contribution is -2.34. The van der Waals surface area contributed by atoms with E-state index < -0.39 is 0 Å². The van der Waals surface area contributed by atoms with Crippen molar-refractivity contribution in [1.82, 2.24) is 29.7 Å². The molecule has 0 bridgehead atoms. The van der Waals surface area contributed by atoms with E-state index in [0.29, 0.717) is 11.3 Å². The minimum Gasteiger partial charge on any atom is -0.348 e. The molecular weight excluding hydrogens is 328 g/mol. The Morgan fingerprint density at radius 2 is 2.00 bits per heavy atom. The molecule has 0 radical (unpaired) electrons. The molecule has 1 aliphatic carbocycles. The first-order valence-electron chi connectivity index (χ1n) is 9.28. The lowest BCUT2D eigenvalue weighted by atomic mass is 10.1. The molecule has 1 N–H and O–H groups in total. The molecule has 0 atom stereocenters. The molecule has 0 unspecified atom stereocenters. The smallest absolute Gasteiger partial charge is 0.272 e. The van der Waals surface area contributed by atoms with Crippen LogP contribution in [0.4, 0.5) is 0 Å². The van der Waals surface area contributed by atoms with Crippen molar-refractivity contribution < 1.29 is 4.79 Å². The van der Waals surface area contributed by atoms with E-state index in [0.717, 1.165) is 29.8 Å². The van der Waals surface area contributed by atoms with E-state index in [4.69, 9.17) is 0 Å². The summed E-state index contributed by atoms with van der Waals surface area (Å²) in [6, 6.07) is 3.90. The summed E-state index contributed by atoms with van der Waals surface area (Å²) in [5.74, 6) is -0.115. The lowest BCUT2D eigenvalue weighted by molar-refractivity contribution is 0.0928. The van der Waals surface area contributed by atoms with Gasteiger partial charge in [0.15, 0.2) is 11.3 Å². The summed E-state index contributed by atoms with van der Waals surface area (Å²) in [7, 11) is 1.91. The molecule has 4 rings (SSSR count). The van der Waals surface area contributed by atoms with Gasteiger partial charge in [-0.05, 0) is 25.8 Å². The zero-order valence-electron chi connectivity index (χ0n) is 15.3. The summed E-state index contributed by atoms with van der Waals surface area (Å²) in [5, 5.41) is 12.0. The fraction of sp³-hybridized carbons (Fsp3) is 0.474. The van der Waals surface area contributed by atoms with Crippen LogP contribution in [0, 0.1) is 6.92 Å². The SMILES string of the molecule is Cc1c(-c2ccnc3cc(C(=O)NC4CCCCCC4)nn23)cnn1C. The van der Waals surface area contributed by atoms with Crippen molar-refractivity contribution in [2.45, 2.75) is 51.5 Å². The monoisotopic (exact) mass is 352 g/mol. The van der Waals surface area contributed by atoms with Crippen LogP contribution in [0.1, 0.15) is 54.7 Å². The van der Waals surface area contributed by atoms with Crippen LogP contribution in [0.15, 0.2) is 24.5 Å². The summed E-state index contributed by atoms with van der Waals surface area (Å²) in [4.78, 5) is 17.0. The second-order valence-corrected chi connectivity index (χ2v) is 7.06. The summed E-state index contributed by atoms with van der Waals surface area (Å²) < 4.78 is 3.55. The van der Waals surface area contributed by atoms with Gasteiger partial charge < -0.3 is 5.32 Å². The first kappa shape index (κ1) is 16.8. The standard InChI is InChI=1S/C19H24N6O/c1-13-15(12-21-24(13)2)17-9-10-20-18-11-16(23-25(17)18)19(26)22-14-7-5-3-4-6-8-14/h9-12,14H,3-8H2,1-2H3,(H,22,26). The zero-order valence-corrected chi connectivity index (χ0v) is 15.3. The van der Waals surface area contributed by atoms with Crippen molar-refractivity contribution >= 4 is 11.6 Å². The molecule has 3 heterocycles. The molecular formula is C19H24N6O. The summed E-state index contributed by atoms with van der Waals surface area (Å²) in [6.07, 6.45) is 10.6. The van der Waals surface area contributed by atoms with Crippen LogP contribution in [0.25, 0.3) is 16.9 Å². The molecule has 0 aromatic carbocycles. The van der Waals surface area contributed by atoms with E-state index >= 15 is 0 Å². The number of carbonyl (C=O) groups is 1. The molecule has 3 aromatic heterocycles. The molecule has 0 spiro atoms. The third-order valence-electron chi connectivity index (χ3n) is 5.29. The molecule has 136 valence electrons. The highest BCUT2D eigenvalue weighted by Crippen LogP contribution is 2.23. The van der Waals surface area contributed by atoms with Crippen LogP contribution >= 0.6 is 0 Å². The fourth-order valence-electron chi connectivity index (χ4n) is 3.64. The Hall–Kier alpha value is -2.70. The number of hydrogen-bond donors (Lipinski definition) is 1. The number of carbonyl (C=O) groups excluding carboxylic acids is 1. The fourth-order valence-corrected chi connectivity index (χ4v) is 3.64.